The first-order valence-electron chi connectivity index (χ1n) is 10.1. The second kappa shape index (κ2) is 11.2. The first-order valence-corrected chi connectivity index (χ1v) is 10.1. The number of unbranched alkanes of at least 4 members (excludes halogenated alkanes) is 1. The van der Waals surface area contributed by atoms with Crippen LogP contribution in [0.1, 0.15) is 41.1 Å². The summed E-state index contributed by atoms with van der Waals surface area (Å²) in [6.45, 7) is 0.513. The second-order valence-electron chi connectivity index (χ2n) is 7.03. The summed E-state index contributed by atoms with van der Waals surface area (Å²) in [6, 6.07) is 10.5. The molecule has 0 aliphatic carbocycles. The highest BCUT2D eigenvalue weighted by Crippen LogP contribution is 2.32. The zero-order valence-electron chi connectivity index (χ0n) is 17.3. The fourth-order valence-corrected chi connectivity index (χ4v) is 3.19. The number of esters is 1. The molecular formula is C23H26N2O6. The summed E-state index contributed by atoms with van der Waals surface area (Å²) in [4.78, 5) is 28.4. The Hall–Kier alpha value is -3.23. The Balaban J connectivity index is 1.77. The number of carbonyl (C=O) groups excluding carboxylic acids is 2. The van der Waals surface area contributed by atoms with E-state index in [1.54, 1.807) is 42.7 Å². The van der Waals surface area contributed by atoms with Crippen LogP contribution in [-0.2, 0) is 19.0 Å². The number of aromatic nitrogens is 1. The van der Waals surface area contributed by atoms with Crippen molar-refractivity contribution in [2.75, 3.05) is 25.6 Å². The van der Waals surface area contributed by atoms with E-state index < -0.39 is 18.2 Å². The van der Waals surface area contributed by atoms with Crippen LogP contribution in [0.2, 0.25) is 0 Å². The largest absolute Gasteiger partial charge is 0.465 e. The molecule has 2 heterocycles. The molecule has 1 aromatic carbocycles. The molecule has 8 nitrogen and oxygen atoms in total. The number of anilines is 1. The zero-order valence-corrected chi connectivity index (χ0v) is 17.3. The number of rotatable bonds is 9. The Bertz CT molecular complexity index is 898. The highest BCUT2D eigenvalue weighted by atomic mass is 16.7. The molecule has 3 rings (SSSR count). The molecule has 8 heteroatoms. The van der Waals surface area contributed by atoms with Crippen molar-refractivity contribution in [3.8, 4) is 0 Å². The minimum Gasteiger partial charge on any atom is -0.465 e. The normalized spacial score (nSPS) is 17.9. The van der Waals surface area contributed by atoms with E-state index in [1.165, 1.54) is 7.11 Å². The lowest BCUT2D eigenvalue weighted by atomic mass is 9.92. The van der Waals surface area contributed by atoms with Crippen molar-refractivity contribution in [1.82, 2.24) is 4.98 Å². The molecule has 1 amide bonds. The van der Waals surface area contributed by atoms with Gasteiger partial charge in [0.2, 0.25) is 6.29 Å². The summed E-state index contributed by atoms with van der Waals surface area (Å²) < 4.78 is 16.3. The Morgan fingerprint density at radius 3 is 2.71 bits per heavy atom. The number of nitrogens with zero attached hydrogens (tertiary/aromatic N) is 1. The van der Waals surface area contributed by atoms with Crippen LogP contribution >= 0.6 is 0 Å². The molecule has 1 aliphatic heterocycles. The molecule has 0 radical (unpaired) electrons. The maximum Gasteiger partial charge on any atom is 0.337 e. The minimum atomic E-state index is -0.608. The average molecular weight is 426 g/mol. The Kier molecular flexibility index (Phi) is 8.14. The van der Waals surface area contributed by atoms with Gasteiger partial charge < -0.3 is 24.6 Å². The topological polar surface area (TPSA) is 107 Å². The number of hydrogen-bond donors (Lipinski definition) is 2. The minimum absolute atomic E-state index is 0.0999. The van der Waals surface area contributed by atoms with Gasteiger partial charge in [-0.25, -0.2) is 4.79 Å². The van der Waals surface area contributed by atoms with Crippen molar-refractivity contribution in [2.24, 2.45) is 0 Å². The number of benzene rings is 1. The number of nitrogens with one attached hydrogen (secondary N) is 1. The van der Waals surface area contributed by atoms with Crippen molar-refractivity contribution in [3.05, 3.63) is 71.8 Å². The summed E-state index contributed by atoms with van der Waals surface area (Å²) in [5.41, 5.74) is 1.93. The van der Waals surface area contributed by atoms with Gasteiger partial charge in [0.05, 0.1) is 31.2 Å². The third-order valence-corrected chi connectivity index (χ3v) is 4.82. The Morgan fingerprint density at radius 1 is 1.23 bits per heavy atom. The second-order valence-corrected chi connectivity index (χ2v) is 7.03. The molecule has 0 saturated carbocycles. The van der Waals surface area contributed by atoms with E-state index in [1.807, 2.05) is 12.1 Å². The van der Waals surface area contributed by atoms with E-state index >= 15 is 0 Å². The highest BCUT2D eigenvalue weighted by Gasteiger charge is 2.29. The number of amides is 1. The van der Waals surface area contributed by atoms with Gasteiger partial charge in [-0.1, -0.05) is 12.1 Å². The lowest BCUT2D eigenvalue weighted by Crippen LogP contribution is -2.29. The number of hydrogen-bond acceptors (Lipinski definition) is 7. The van der Waals surface area contributed by atoms with Gasteiger partial charge in [-0.2, -0.15) is 0 Å². The van der Waals surface area contributed by atoms with Crippen molar-refractivity contribution in [3.63, 3.8) is 0 Å². The monoisotopic (exact) mass is 426 g/mol. The maximum atomic E-state index is 12.8. The van der Waals surface area contributed by atoms with Crippen LogP contribution in [0.5, 0.6) is 0 Å². The smallest absolute Gasteiger partial charge is 0.337 e. The molecule has 0 unspecified atom stereocenters. The Labute approximate surface area is 180 Å². The van der Waals surface area contributed by atoms with Gasteiger partial charge in [0.15, 0.2) is 5.76 Å². The summed E-state index contributed by atoms with van der Waals surface area (Å²) in [5.74, 6) is -0.786. The average Bonchev–Trinajstić information content (AvgIpc) is 2.82. The standard InChI is InChI=1S/C23H26N2O6/c1-29-23(28)17-8-6-16(7-9-17)18-13-20(22(27)25-19-5-4-10-24-15-19)31-21(14-18)30-12-3-2-11-26/h4-10,13,15,18,21,26H,2-3,11-12,14H2,1H3,(H,25,27)/t18-,21+/m0/s1. The van der Waals surface area contributed by atoms with Crippen molar-refractivity contribution in [1.29, 1.82) is 0 Å². The number of ether oxygens (including phenoxy) is 3. The van der Waals surface area contributed by atoms with E-state index in [-0.39, 0.29) is 18.3 Å². The van der Waals surface area contributed by atoms with Crippen LogP contribution in [0.15, 0.2) is 60.6 Å². The molecule has 1 aliphatic rings. The van der Waals surface area contributed by atoms with E-state index in [9.17, 15) is 9.59 Å². The van der Waals surface area contributed by atoms with Crippen LogP contribution in [0.4, 0.5) is 5.69 Å². The molecule has 2 atom stereocenters. The van der Waals surface area contributed by atoms with E-state index in [0.717, 1.165) is 5.56 Å². The van der Waals surface area contributed by atoms with Crippen molar-refractivity contribution in [2.45, 2.75) is 31.5 Å². The summed E-state index contributed by atoms with van der Waals surface area (Å²) >= 11 is 0. The van der Waals surface area contributed by atoms with Gasteiger partial charge in [-0.05, 0) is 48.7 Å². The van der Waals surface area contributed by atoms with E-state index in [2.05, 4.69) is 10.3 Å². The van der Waals surface area contributed by atoms with Crippen LogP contribution in [0.3, 0.4) is 0 Å². The van der Waals surface area contributed by atoms with E-state index in [4.69, 9.17) is 19.3 Å². The van der Waals surface area contributed by atoms with Gasteiger partial charge in [0.1, 0.15) is 0 Å². The third kappa shape index (κ3) is 6.37. The number of carbonyl (C=O) groups is 2. The number of aliphatic hydroxyl groups excluding tert-OH is 1. The van der Waals surface area contributed by atoms with Crippen LogP contribution in [0.25, 0.3) is 0 Å². The SMILES string of the molecule is COC(=O)c1ccc([C@H]2C=C(C(=O)Nc3cccnc3)O[C@@H](OCCCCO)C2)cc1. The molecule has 0 spiro atoms. The molecule has 1 aromatic heterocycles. The van der Waals surface area contributed by atoms with Crippen LogP contribution in [0, 0.1) is 0 Å². The predicted molar refractivity (Wildman–Crippen MR) is 113 cm³/mol. The number of allylic oxidation sites excluding steroid dienone is 1. The molecule has 164 valence electrons. The third-order valence-electron chi connectivity index (χ3n) is 4.82. The summed E-state index contributed by atoms with van der Waals surface area (Å²) in [6.07, 6.45) is 6.16. The van der Waals surface area contributed by atoms with Crippen LogP contribution < -0.4 is 5.32 Å². The Morgan fingerprint density at radius 2 is 2.03 bits per heavy atom. The van der Waals surface area contributed by atoms with Gasteiger partial charge in [-0.15, -0.1) is 0 Å². The predicted octanol–water partition coefficient (Wildman–Crippen LogP) is 3.01. The van der Waals surface area contributed by atoms with Gasteiger partial charge >= 0.3 is 5.97 Å². The quantitative estimate of drug-likeness (QED) is 0.469. The molecular weight excluding hydrogens is 400 g/mol. The van der Waals surface area contributed by atoms with Gasteiger partial charge in [-0.3, -0.25) is 9.78 Å². The summed E-state index contributed by atoms with van der Waals surface area (Å²) in [7, 11) is 1.34. The maximum absolute atomic E-state index is 12.8. The molecule has 2 aromatic rings. The number of aliphatic hydroxyl groups is 1. The lowest BCUT2D eigenvalue weighted by Gasteiger charge is -2.29. The zero-order chi connectivity index (χ0) is 22.1. The van der Waals surface area contributed by atoms with Crippen LogP contribution in [-0.4, -0.2) is 48.6 Å². The van der Waals surface area contributed by atoms with Crippen molar-refractivity contribution < 1.29 is 28.9 Å². The van der Waals surface area contributed by atoms with Gasteiger partial charge in [0.25, 0.3) is 5.91 Å². The number of pyridine rings is 1. The molecule has 0 fully saturated rings. The first-order chi connectivity index (χ1) is 15.1. The fraction of sp³-hybridized carbons (Fsp3) is 0.348. The van der Waals surface area contributed by atoms with E-state index in [0.29, 0.717) is 37.1 Å². The molecule has 0 saturated heterocycles. The molecule has 31 heavy (non-hydrogen) atoms. The number of methoxy groups -OCH3 is 1. The summed E-state index contributed by atoms with van der Waals surface area (Å²) in [5, 5.41) is 11.7. The fourth-order valence-electron chi connectivity index (χ4n) is 3.19. The van der Waals surface area contributed by atoms with Crippen molar-refractivity contribution >= 4 is 17.6 Å². The van der Waals surface area contributed by atoms with Gasteiger partial charge in [0, 0.05) is 25.1 Å². The lowest BCUT2D eigenvalue weighted by molar-refractivity contribution is -0.143. The highest BCUT2D eigenvalue weighted by molar-refractivity contribution is 6.02. The first kappa shape index (κ1) is 22.5. The molecule has 0 bridgehead atoms. The molecule has 2 N–H and O–H groups in total.